The number of carbonyl (C=O) groups is 2. The Morgan fingerprint density at radius 3 is 2.89 bits per heavy atom. The van der Waals surface area contributed by atoms with Gasteiger partial charge in [-0.05, 0) is 19.8 Å². The lowest BCUT2D eigenvalue weighted by Gasteiger charge is -2.34. The molecule has 2 amide bonds. The molecule has 0 aliphatic carbocycles. The van der Waals surface area contributed by atoms with Gasteiger partial charge in [0, 0.05) is 51.4 Å². The van der Waals surface area contributed by atoms with Crippen LogP contribution in [-0.4, -0.2) is 90.0 Å². The summed E-state index contributed by atoms with van der Waals surface area (Å²) in [4.78, 5) is 28.9. The summed E-state index contributed by atoms with van der Waals surface area (Å²) in [5.41, 5.74) is 0. The van der Waals surface area contributed by atoms with Crippen LogP contribution in [0.15, 0.2) is 4.34 Å². The van der Waals surface area contributed by atoms with Crippen LogP contribution in [0.5, 0.6) is 0 Å². The van der Waals surface area contributed by atoms with E-state index in [1.54, 1.807) is 23.1 Å². The van der Waals surface area contributed by atoms with E-state index in [0.29, 0.717) is 32.5 Å². The minimum atomic E-state index is -0.0964. The minimum Gasteiger partial charge on any atom is -0.379 e. The molecule has 3 rings (SSSR count). The first kappa shape index (κ1) is 21.5. The normalized spacial score (nSPS) is 21.1. The Balaban J connectivity index is 1.33. The first-order chi connectivity index (χ1) is 13.6. The molecular formula is C18H29N5O3S2. The molecule has 10 heteroatoms. The smallest absolute Gasteiger partial charge is 0.224 e. The zero-order chi connectivity index (χ0) is 19.8. The Labute approximate surface area is 174 Å². The number of thioether (sulfide) groups is 1. The van der Waals surface area contributed by atoms with Crippen LogP contribution in [-0.2, 0) is 14.3 Å². The van der Waals surface area contributed by atoms with Crippen molar-refractivity contribution in [3.8, 4) is 0 Å². The second-order valence-electron chi connectivity index (χ2n) is 7.11. The average molecular weight is 428 g/mol. The summed E-state index contributed by atoms with van der Waals surface area (Å²) in [6.07, 6.45) is 2.01. The third-order valence-electron chi connectivity index (χ3n) is 5.01. The molecular weight excluding hydrogens is 398 g/mol. The second-order valence-corrected chi connectivity index (χ2v) is 9.63. The quantitative estimate of drug-likeness (QED) is 0.465. The van der Waals surface area contributed by atoms with Crippen LogP contribution >= 0.6 is 23.1 Å². The van der Waals surface area contributed by atoms with Crippen molar-refractivity contribution >= 4 is 34.9 Å². The van der Waals surface area contributed by atoms with E-state index in [4.69, 9.17) is 4.74 Å². The standard InChI is InChI=1S/C18H29N5O3S2/c1-14-20-21-18(28-14)27-12-2-5-19-17(25)15-3-4-16(24)23(13-15)7-6-22-8-10-26-11-9-22/h15H,2-13H2,1H3,(H,19,25). The third kappa shape index (κ3) is 6.68. The van der Waals surface area contributed by atoms with Gasteiger partial charge in [0.2, 0.25) is 11.8 Å². The van der Waals surface area contributed by atoms with E-state index in [2.05, 4.69) is 20.4 Å². The highest BCUT2D eigenvalue weighted by Gasteiger charge is 2.30. The van der Waals surface area contributed by atoms with E-state index in [1.807, 2.05) is 11.8 Å². The number of piperidine rings is 1. The molecule has 0 aromatic carbocycles. The van der Waals surface area contributed by atoms with Crippen LogP contribution in [0.4, 0.5) is 0 Å². The predicted molar refractivity (Wildman–Crippen MR) is 110 cm³/mol. The Morgan fingerprint density at radius 2 is 2.14 bits per heavy atom. The monoisotopic (exact) mass is 427 g/mol. The van der Waals surface area contributed by atoms with Gasteiger partial charge in [0.05, 0.1) is 19.1 Å². The number of hydrogen-bond donors (Lipinski definition) is 1. The van der Waals surface area contributed by atoms with Gasteiger partial charge in [0.15, 0.2) is 4.34 Å². The molecule has 2 fully saturated rings. The number of rotatable bonds is 9. The van der Waals surface area contributed by atoms with E-state index < -0.39 is 0 Å². The lowest BCUT2D eigenvalue weighted by molar-refractivity contribution is -0.138. The van der Waals surface area contributed by atoms with Crippen LogP contribution in [0, 0.1) is 12.8 Å². The van der Waals surface area contributed by atoms with Crippen LogP contribution in [0.3, 0.4) is 0 Å². The van der Waals surface area contributed by atoms with Crippen LogP contribution < -0.4 is 5.32 Å². The van der Waals surface area contributed by atoms with Crippen molar-refractivity contribution in [2.45, 2.75) is 30.5 Å². The Kier molecular flexibility index (Phi) is 8.50. The lowest BCUT2D eigenvalue weighted by atomic mass is 9.96. The van der Waals surface area contributed by atoms with Gasteiger partial charge in [-0.3, -0.25) is 14.5 Å². The number of carbonyl (C=O) groups excluding carboxylic acids is 2. The molecule has 2 aliphatic heterocycles. The molecule has 1 unspecified atom stereocenters. The number of nitrogens with one attached hydrogen (secondary N) is 1. The number of ether oxygens (including phenoxy) is 1. The zero-order valence-electron chi connectivity index (χ0n) is 16.4. The number of nitrogens with zero attached hydrogens (tertiary/aromatic N) is 4. The highest BCUT2D eigenvalue weighted by atomic mass is 32.2. The highest BCUT2D eigenvalue weighted by molar-refractivity contribution is 8.01. The molecule has 1 atom stereocenters. The average Bonchev–Trinajstić information content (AvgIpc) is 3.13. The molecule has 0 radical (unpaired) electrons. The van der Waals surface area contributed by atoms with Gasteiger partial charge in [-0.1, -0.05) is 23.1 Å². The van der Waals surface area contributed by atoms with Crippen molar-refractivity contribution in [1.82, 2.24) is 25.3 Å². The summed E-state index contributed by atoms with van der Waals surface area (Å²) in [6.45, 7) is 8.04. The van der Waals surface area contributed by atoms with Crippen molar-refractivity contribution < 1.29 is 14.3 Å². The maximum absolute atomic E-state index is 12.5. The summed E-state index contributed by atoms with van der Waals surface area (Å²) >= 11 is 3.27. The molecule has 0 saturated carbocycles. The first-order valence-corrected chi connectivity index (χ1v) is 11.7. The SMILES string of the molecule is Cc1nnc(SCCCNC(=O)C2CCC(=O)N(CCN3CCOCC3)C2)s1. The van der Waals surface area contributed by atoms with Crippen LogP contribution in [0.25, 0.3) is 0 Å². The second kappa shape index (κ2) is 11.1. The van der Waals surface area contributed by atoms with E-state index >= 15 is 0 Å². The number of aromatic nitrogens is 2. The molecule has 0 bridgehead atoms. The summed E-state index contributed by atoms with van der Waals surface area (Å²) in [6, 6.07) is 0. The van der Waals surface area contributed by atoms with Gasteiger partial charge < -0.3 is 15.0 Å². The number of hydrogen-bond acceptors (Lipinski definition) is 8. The number of amides is 2. The lowest BCUT2D eigenvalue weighted by Crippen LogP contribution is -2.49. The van der Waals surface area contributed by atoms with E-state index in [0.717, 1.165) is 54.4 Å². The van der Waals surface area contributed by atoms with Crippen molar-refractivity contribution in [2.24, 2.45) is 5.92 Å². The van der Waals surface area contributed by atoms with Crippen LogP contribution in [0.2, 0.25) is 0 Å². The van der Waals surface area contributed by atoms with Gasteiger partial charge in [-0.15, -0.1) is 10.2 Å². The van der Waals surface area contributed by atoms with Gasteiger partial charge in [-0.2, -0.15) is 0 Å². The molecule has 1 aromatic rings. The first-order valence-electron chi connectivity index (χ1n) is 9.90. The molecule has 156 valence electrons. The number of morpholine rings is 1. The molecule has 8 nitrogen and oxygen atoms in total. The zero-order valence-corrected chi connectivity index (χ0v) is 18.0. The van der Waals surface area contributed by atoms with E-state index in [-0.39, 0.29) is 17.7 Å². The third-order valence-corrected chi connectivity index (χ3v) is 7.07. The number of aryl methyl sites for hydroxylation is 1. The van der Waals surface area contributed by atoms with Gasteiger partial charge in [0.25, 0.3) is 0 Å². The molecule has 2 saturated heterocycles. The van der Waals surface area contributed by atoms with Gasteiger partial charge in [-0.25, -0.2) is 0 Å². The summed E-state index contributed by atoms with van der Waals surface area (Å²) in [5.74, 6) is 1.05. The van der Waals surface area contributed by atoms with Gasteiger partial charge in [0.1, 0.15) is 5.01 Å². The van der Waals surface area contributed by atoms with Crippen LogP contribution in [0.1, 0.15) is 24.3 Å². The molecule has 1 aromatic heterocycles. The predicted octanol–water partition coefficient (Wildman–Crippen LogP) is 1.02. The fourth-order valence-electron chi connectivity index (χ4n) is 3.36. The van der Waals surface area contributed by atoms with Crippen molar-refractivity contribution in [3.05, 3.63) is 5.01 Å². The summed E-state index contributed by atoms with van der Waals surface area (Å²) in [7, 11) is 0. The van der Waals surface area contributed by atoms with Crippen molar-refractivity contribution in [1.29, 1.82) is 0 Å². The molecule has 3 heterocycles. The fraction of sp³-hybridized carbons (Fsp3) is 0.778. The number of likely N-dealkylation sites (tertiary alicyclic amines) is 1. The van der Waals surface area contributed by atoms with E-state index in [1.165, 1.54) is 0 Å². The maximum atomic E-state index is 12.5. The Hall–Kier alpha value is -1.23. The maximum Gasteiger partial charge on any atom is 0.224 e. The molecule has 1 N–H and O–H groups in total. The summed E-state index contributed by atoms with van der Waals surface area (Å²) in [5, 5.41) is 12.1. The Morgan fingerprint density at radius 1 is 1.32 bits per heavy atom. The topological polar surface area (TPSA) is 87.7 Å². The largest absolute Gasteiger partial charge is 0.379 e. The van der Waals surface area contributed by atoms with E-state index in [9.17, 15) is 9.59 Å². The Bertz CT molecular complexity index is 651. The fourth-order valence-corrected chi connectivity index (χ4v) is 5.18. The summed E-state index contributed by atoms with van der Waals surface area (Å²) < 4.78 is 6.34. The van der Waals surface area contributed by atoms with Crippen molar-refractivity contribution in [3.63, 3.8) is 0 Å². The molecule has 28 heavy (non-hydrogen) atoms. The van der Waals surface area contributed by atoms with Crippen molar-refractivity contribution in [2.75, 3.05) is 58.2 Å². The molecule has 2 aliphatic rings. The molecule has 0 spiro atoms. The van der Waals surface area contributed by atoms with Gasteiger partial charge >= 0.3 is 0 Å². The highest BCUT2D eigenvalue weighted by Crippen LogP contribution is 2.22. The minimum absolute atomic E-state index is 0.0700.